The van der Waals surface area contributed by atoms with Gasteiger partial charge in [0, 0.05) is 24.8 Å². The number of aliphatic hydroxyl groups excluding tert-OH is 2. The number of nitrogens with zero attached hydrogens (tertiary/aromatic N) is 4. The van der Waals surface area contributed by atoms with Crippen LogP contribution >= 0.6 is 0 Å². The third-order valence-electron chi connectivity index (χ3n) is 4.89. The summed E-state index contributed by atoms with van der Waals surface area (Å²) in [5, 5.41) is 24.4. The van der Waals surface area contributed by atoms with Crippen molar-refractivity contribution in [3.8, 4) is 0 Å². The van der Waals surface area contributed by atoms with Crippen LogP contribution in [-0.4, -0.2) is 48.5 Å². The number of fused-ring (bicyclic) bond motifs is 2. The van der Waals surface area contributed by atoms with Crippen molar-refractivity contribution in [2.45, 2.75) is 32.2 Å². The highest BCUT2D eigenvalue weighted by Gasteiger charge is 2.22. The van der Waals surface area contributed by atoms with Crippen molar-refractivity contribution in [2.24, 2.45) is 0 Å². The Bertz CT molecular complexity index is 930. The minimum absolute atomic E-state index is 0.0604. The predicted molar refractivity (Wildman–Crippen MR) is 96.2 cm³/mol. The molecule has 4 rings (SSSR count). The Kier molecular flexibility index (Phi) is 4.48. The molecule has 0 radical (unpaired) electrons. The van der Waals surface area contributed by atoms with Crippen LogP contribution in [0.1, 0.15) is 23.9 Å². The van der Waals surface area contributed by atoms with E-state index in [1.165, 1.54) is 0 Å². The van der Waals surface area contributed by atoms with Gasteiger partial charge in [-0.1, -0.05) is 18.2 Å². The summed E-state index contributed by atoms with van der Waals surface area (Å²) in [6, 6.07) is 11.8. The van der Waals surface area contributed by atoms with Crippen LogP contribution in [0.5, 0.6) is 0 Å². The second kappa shape index (κ2) is 6.93. The van der Waals surface area contributed by atoms with E-state index < -0.39 is 6.10 Å². The van der Waals surface area contributed by atoms with E-state index in [-0.39, 0.29) is 12.5 Å². The molecular formula is C19H22N4O3. The van der Waals surface area contributed by atoms with Crippen molar-refractivity contribution < 1.29 is 15.0 Å². The van der Waals surface area contributed by atoms with Crippen molar-refractivity contribution in [1.29, 1.82) is 0 Å². The lowest BCUT2D eigenvalue weighted by atomic mass is 10.2. The third-order valence-corrected chi connectivity index (χ3v) is 4.89. The number of aryl methyl sites for hydroxylation is 1. The molecule has 0 spiro atoms. The molecule has 0 saturated carbocycles. The van der Waals surface area contributed by atoms with Crippen LogP contribution in [0.2, 0.25) is 0 Å². The Morgan fingerprint density at radius 1 is 1.23 bits per heavy atom. The Labute approximate surface area is 151 Å². The lowest BCUT2D eigenvalue weighted by Crippen LogP contribution is -2.33. The van der Waals surface area contributed by atoms with Gasteiger partial charge in [0.15, 0.2) is 0 Å². The van der Waals surface area contributed by atoms with E-state index in [2.05, 4.69) is 5.10 Å². The number of aromatic nitrogens is 3. The molecule has 1 aliphatic rings. The van der Waals surface area contributed by atoms with Gasteiger partial charge < -0.3 is 19.7 Å². The maximum Gasteiger partial charge on any atom is 0.242 e. The van der Waals surface area contributed by atoms with Crippen molar-refractivity contribution in [3.63, 3.8) is 0 Å². The molecular weight excluding hydrogens is 332 g/mol. The number of rotatable bonds is 4. The molecule has 3 heterocycles. The fourth-order valence-corrected chi connectivity index (χ4v) is 3.48. The minimum atomic E-state index is -0.982. The van der Waals surface area contributed by atoms with Gasteiger partial charge in [-0.15, -0.1) is 0 Å². The standard InChI is InChI=1S/C19H22N4O3/c24-13-18(25)16-10-15-11-22(7-3-8-23(15)20-16)19(26)12-21-9-6-14-4-1-2-5-17(14)21/h1-2,4-6,9-10,18,24-25H,3,7-8,11-13H2. The van der Waals surface area contributed by atoms with E-state index in [9.17, 15) is 9.90 Å². The second-order valence-corrected chi connectivity index (χ2v) is 6.65. The molecule has 0 aliphatic carbocycles. The molecule has 7 heteroatoms. The van der Waals surface area contributed by atoms with Crippen LogP contribution in [0.25, 0.3) is 10.9 Å². The first kappa shape index (κ1) is 16.8. The molecule has 1 unspecified atom stereocenters. The summed E-state index contributed by atoms with van der Waals surface area (Å²) in [5.41, 5.74) is 2.39. The lowest BCUT2D eigenvalue weighted by molar-refractivity contribution is -0.132. The predicted octanol–water partition coefficient (Wildman–Crippen LogP) is 1.30. The number of hydrogen-bond donors (Lipinski definition) is 2. The highest BCUT2D eigenvalue weighted by Crippen LogP contribution is 2.19. The Morgan fingerprint density at radius 3 is 2.92 bits per heavy atom. The van der Waals surface area contributed by atoms with Crippen LogP contribution in [0.4, 0.5) is 0 Å². The van der Waals surface area contributed by atoms with Gasteiger partial charge in [-0.2, -0.15) is 5.10 Å². The van der Waals surface area contributed by atoms with Crippen LogP contribution < -0.4 is 0 Å². The number of benzene rings is 1. The number of para-hydroxylation sites is 1. The summed E-state index contributed by atoms with van der Waals surface area (Å²) in [6.07, 6.45) is 1.77. The lowest BCUT2D eigenvalue weighted by Gasteiger charge is -2.20. The van der Waals surface area contributed by atoms with E-state index >= 15 is 0 Å². The molecule has 0 bridgehead atoms. The molecule has 1 aromatic carbocycles. The van der Waals surface area contributed by atoms with E-state index in [0.29, 0.717) is 31.9 Å². The van der Waals surface area contributed by atoms with E-state index in [1.54, 1.807) is 6.07 Å². The monoisotopic (exact) mass is 354 g/mol. The molecule has 3 aromatic rings. The first-order valence-electron chi connectivity index (χ1n) is 8.83. The average Bonchev–Trinajstić information content (AvgIpc) is 3.19. The van der Waals surface area contributed by atoms with Crippen molar-refractivity contribution in [3.05, 3.63) is 54.0 Å². The Balaban J connectivity index is 1.52. The second-order valence-electron chi connectivity index (χ2n) is 6.65. The zero-order valence-corrected chi connectivity index (χ0v) is 14.5. The van der Waals surface area contributed by atoms with Crippen LogP contribution in [-0.2, 0) is 24.4 Å². The summed E-state index contributed by atoms with van der Waals surface area (Å²) < 4.78 is 3.80. The fraction of sp³-hybridized carbons (Fsp3) is 0.368. The molecule has 0 saturated heterocycles. The van der Waals surface area contributed by atoms with Gasteiger partial charge in [0.2, 0.25) is 5.91 Å². The molecule has 0 fully saturated rings. The van der Waals surface area contributed by atoms with Gasteiger partial charge in [0.1, 0.15) is 12.6 Å². The zero-order chi connectivity index (χ0) is 18.1. The fourth-order valence-electron chi connectivity index (χ4n) is 3.48. The van der Waals surface area contributed by atoms with E-state index in [0.717, 1.165) is 23.0 Å². The number of carbonyl (C=O) groups excluding carboxylic acids is 1. The summed E-state index contributed by atoms with van der Waals surface area (Å²) in [5.74, 6) is 0.0604. The van der Waals surface area contributed by atoms with E-state index in [1.807, 2.05) is 50.7 Å². The number of aliphatic hydroxyl groups is 2. The van der Waals surface area contributed by atoms with Gasteiger partial charge in [0.05, 0.1) is 24.5 Å². The zero-order valence-electron chi connectivity index (χ0n) is 14.5. The Hall–Kier alpha value is -2.64. The third kappa shape index (κ3) is 3.11. The molecule has 136 valence electrons. The summed E-state index contributed by atoms with van der Waals surface area (Å²) in [7, 11) is 0. The van der Waals surface area contributed by atoms with Gasteiger partial charge in [-0.25, -0.2) is 0 Å². The number of amides is 1. The largest absolute Gasteiger partial charge is 0.393 e. The molecule has 1 amide bonds. The molecule has 7 nitrogen and oxygen atoms in total. The quantitative estimate of drug-likeness (QED) is 0.740. The normalized spacial score (nSPS) is 15.7. The van der Waals surface area contributed by atoms with Crippen LogP contribution in [0.15, 0.2) is 42.6 Å². The molecule has 1 aliphatic heterocycles. The molecule has 26 heavy (non-hydrogen) atoms. The molecule has 1 atom stereocenters. The van der Waals surface area contributed by atoms with Gasteiger partial charge in [-0.3, -0.25) is 9.48 Å². The summed E-state index contributed by atoms with van der Waals surface area (Å²) in [4.78, 5) is 14.7. The highest BCUT2D eigenvalue weighted by molar-refractivity contribution is 5.83. The van der Waals surface area contributed by atoms with Crippen LogP contribution in [0, 0.1) is 0 Å². The van der Waals surface area contributed by atoms with Gasteiger partial charge >= 0.3 is 0 Å². The van der Waals surface area contributed by atoms with Crippen LogP contribution in [0.3, 0.4) is 0 Å². The molecule has 2 N–H and O–H groups in total. The number of carbonyl (C=O) groups is 1. The first-order valence-corrected chi connectivity index (χ1v) is 8.83. The van der Waals surface area contributed by atoms with Gasteiger partial charge in [0.25, 0.3) is 0 Å². The smallest absolute Gasteiger partial charge is 0.242 e. The van der Waals surface area contributed by atoms with Crippen molar-refractivity contribution >= 4 is 16.8 Å². The van der Waals surface area contributed by atoms with Crippen molar-refractivity contribution in [1.82, 2.24) is 19.2 Å². The summed E-state index contributed by atoms with van der Waals surface area (Å²) in [6.45, 7) is 1.78. The first-order chi connectivity index (χ1) is 12.7. The minimum Gasteiger partial charge on any atom is -0.393 e. The van der Waals surface area contributed by atoms with Gasteiger partial charge in [-0.05, 0) is 30.0 Å². The highest BCUT2D eigenvalue weighted by atomic mass is 16.3. The van der Waals surface area contributed by atoms with E-state index in [4.69, 9.17) is 5.11 Å². The maximum atomic E-state index is 12.9. The Morgan fingerprint density at radius 2 is 2.08 bits per heavy atom. The average molecular weight is 354 g/mol. The topological polar surface area (TPSA) is 83.5 Å². The molecule has 2 aromatic heterocycles. The maximum absolute atomic E-state index is 12.9. The summed E-state index contributed by atoms with van der Waals surface area (Å²) >= 11 is 0. The number of hydrogen-bond acceptors (Lipinski definition) is 4. The SMILES string of the molecule is O=C(Cn1ccc2ccccc21)N1CCCn2nc(C(O)CO)cc2C1. The van der Waals surface area contributed by atoms with Crippen molar-refractivity contribution in [2.75, 3.05) is 13.2 Å².